The van der Waals surface area contributed by atoms with E-state index in [1.807, 2.05) is 6.07 Å². The fourth-order valence-corrected chi connectivity index (χ4v) is 9.28. The summed E-state index contributed by atoms with van der Waals surface area (Å²) in [6, 6.07) is 82.8. The Balaban J connectivity index is 0.919. The molecule has 2 heterocycles. The molecule has 2 aromatic heterocycles. The molecule has 0 unspecified atom stereocenters. The van der Waals surface area contributed by atoms with Crippen LogP contribution in [-0.4, -0.2) is 4.57 Å². The van der Waals surface area contributed by atoms with Crippen LogP contribution in [0.5, 0.6) is 0 Å². The number of fused-ring (bicyclic) bond motifs is 7. The smallest absolute Gasteiger partial charge is 0.143 e. The first-order valence-electron chi connectivity index (χ1n) is 20.8. The van der Waals surface area contributed by atoms with E-state index in [4.69, 9.17) is 4.42 Å². The second kappa shape index (κ2) is 14.3. The maximum absolute atomic E-state index is 6.49. The molecule has 0 fully saturated rings. The minimum Gasteiger partial charge on any atom is -0.455 e. The zero-order valence-corrected chi connectivity index (χ0v) is 33.2. The maximum atomic E-state index is 6.49. The Kier molecular flexibility index (Phi) is 8.17. The number of aromatic nitrogens is 1. The van der Waals surface area contributed by atoms with Crippen molar-refractivity contribution in [2.75, 3.05) is 4.90 Å². The number of hydrogen-bond donors (Lipinski definition) is 0. The highest BCUT2D eigenvalue weighted by Gasteiger charge is 2.18. The van der Waals surface area contributed by atoms with Crippen LogP contribution in [0.25, 0.3) is 93.6 Å². The van der Waals surface area contributed by atoms with Crippen molar-refractivity contribution in [1.82, 2.24) is 4.57 Å². The normalized spacial score (nSPS) is 11.6. The van der Waals surface area contributed by atoms with Crippen LogP contribution < -0.4 is 4.90 Å². The summed E-state index contributed by atoms with van der Waals surface area (Å²) in [4.78, 5) is 2.38. The van der Waals surface area contributed by atoms with Gasteiger partial charge in [0, 0.05) is 49.6 Å². The van der Waals surface area contributed by atoms with E-state index in [0.29, 0.717) is 0 Å². The van der Waals surface area contributed by atoms with Crippen molar-refractivity contribution in [1.29, 1.82) is 0 Å². The van der Waals surface area contributed by atoms with Crippen LogP contribution in [0.15, 0.2) is 235 Å². The molecule has 0 bridgehead atoms. The topological polar surface area (TPSA) is 21.3 Å². The molecule has 12 rings (SSSR count). The van der Waals surface area contributed by atoms with Gasteiger partial charge in [-0.05, 0) is 99.9 Å². The average molecular weight is 779 g/mol. The molecule has 0 amide bonds. The number of anilines is 3. The van der Waals surface area contributed by atoms with Gasteiger partial charge >= 0.3 is 0 Å². The number of rotatable bonds is 7. The molecular formula is C58H38N2O. The molecule has 3 nitrogen and oxygen atoms in total. The molecule has 0 saturated carbocycles. The largest absolute Gasteiger partial charge is 0.455 e. The van der Waals surface area contributed by atoms with Crippen LogP contribution in [0.4, 0.5) is 17.1 Å². The van der Waals surface area contributed by atoms with Crippen molar-refractivity contribution in [3.8, 4) is 39.1 Å². The molecule has 12 aromatic rings. The van der Waals surface area contributed by atoms with Crippen molar-refractivity contribution >= 4 is 71.6 Å². The van der Waals surface area contributed by atoms with Gasteiger partial charge in [0.1, 0.15) is 11.2 Å². The summed E-state index contributed by atoms with van der Waals surface area (Å²) in [5.74, 6) is 0. The van der Waals surface area contributed by atoms with E-state index in [0.717, 1.165) is 72.5 Å². The minimum atomic E-state index is 0.891. The average Bonchev–Trinajstić information content (AvgIpc) is 3.88. The van der Waals surface area contributed by atoms with E-state index in [1.54, 1.807) is 0 Å². The Labute approximate surface area is 353 Å². The molecule has 286 valence electrons. The molecule has 0 aliphatic rings. The molecule has 0 radical (unpaired) electrons. The van der Waals surface area contributed by atoms with Crippen molar-refractivity contribution < 1.29 is 4.42 Å². The van der Waals surface area contributed by atoms with Gasteiger partial charge in [-0.3, -0.25) is 0 Å². The van der Waals surface area contributed by atoms with Gasteiger partial charge in [0.05, 0.1) is 16.7 Å². The molecule has 10 aromatic carbocycles. The van der Waals surface area contributed by atoms with Crippen molar-refractivity contribution in [2.45, 2.75) is 0 Å². The zero-order valence-electron chi connectivity index (χ0n) is 33.2. The summed E-state index contributed by atoms with van der Waals surface area (Å²) in [6.45, 7) is 0. The molecule has 61 heavy (non-hydrogen) atoms. The Bertz CT molecular complexity index is 3520. The number of nitrogens with zero attached hydrogens (tertiary/aromatic N) is 2. The Morgan fingerprint density at radius 1 is 0.344 bits per heavy atom. The van der Waals surface area contributed by atoms with Crippen molar-refractivity contribution in [3.05, 3.63) is 231 Å². The van der Waals surface area contributed by atoms with Gasteiger partial charge in [0.15, 0.2) is 0 Å². The molecular weight excluding hydrogens is 741 g/mol. The fraction of sp³-hybridized carbons (Fsp3) is 0. The first-order chi connectivity index (χ1) is 30.2. The molecule has 0 N–H and O–H groups in total. The SMILES string of the molecule is c1ccc(-c2cccc3c2oc2ccc(-c4ccc(N(c5ccc(-c6cccc(-n7c8ccccc8c8ccccc87)c6)cc5)c5cccc6ccccc56)cc4)cc23)cc1. The van der Waals surface area contributed by atoms with E-state index >= 15 is 0 Å². The number of hydrogen-bond acceptors (Lipinski definition) is 2. The Hall–Kier alpha value is -8.14. The lowest BCUT2D eigenvalue weighted by Gasteiger charge is -2.27. The van der Waals surface area contributed by atoms with Crippen LogP contribution in [0, 0.1) is 0 Å². The summed E-state index contributed by atoms with van der Waals surface area (Å²) in [5, 5.41) is 7.17. The van der Waals surface area contributed by atoms with Crippen LogP contribution in [0.1, 0.15) is 0 Å². The Morgan fingerprint density at radius 2 is 0.885 bits per heavy atom. The summed E-state index contributed by atoms with van der Waals surface area (Å²) in [6.07, 6.45) is 0. The van der Waals surface area contributed by atoms with Crippen molar-refractivity contribution in [3.63, 3.8) is 0 Å². The monoisotopic (exact) mass is 778 g/mol. The predicted octanol–water partition coefficient (Wildman–Crippen LogP) is 16.3. The lowest BCUT2D eigenvalue weighted by Crippen LogP contribution is -2.10. The second-order valence-corrected chi connectivity index (χ2v) is 15.7. The van der Waals surface area contributed by atoms with Crippen LogP contribution >= 0.6 is 0 Å². The van der Waals surface area contributed by atoms with Gasteiger partial charge in [-0.1, -0.05) is 164 Å². The second-order valence-electron chi connectivity index (χ2n) is 15.7. The number of furan rings is 1. The highest BCUT2D eigenvalue weighted by atomic mass is 16.3. The predicted molar refractivity (Wildman–Crippen MR) is 257 cm³/mol. The summed E-state index contributed by atoms with van der Waals surface area (Å²) >= 11 is 0. The Morgan fingerprint density at radius 3 is 1.61 bits per heavy atom. The lowest BCUT2D eigenvalue weighted by atomic mass is 9.99. The van der Waals surface area contributed by atoms with Gasteiger partial charge < -0.3 is 13.9 Å². The fourth-order valence-electron chi connectivity index (χ4n) is 9.28. The summed E-state index contributed by atoms with van der Waals surface area (Å²) in [7, 11) is 0. The lowest BCUT2D eigenvalue weighted by molar-refractivity contribution is 0.670. The molecule has 0 spiro atoms. The highest BCUT2D eigenvalue weighted by Crippen LogP contribution is 2.42. The maximum Gasteiger partial charge on any atom is 0.143 e. The minimum absolute atomic E-state index is 0.891. The van der Waals surface area contributed by atoms with Crippen LogP contribution in [-0.2, 0) is 0 Å². The molecule has 0 aliphatic carbocycles. The van der Waals surface area contributed by atoms with E-state index in [2.05, 4.69) is 234 Å². The van der Waals surface area contributed by atoms with Gasteiger partial charge in [0.2, 0.25) is 0 Å². The number of benzene rings is 10. The van der Waals surface area contributed by atoms with E-state index in [-0.39, 0.29) is 0 Å². The first-order valence-corrected chi connectivity index (χ1v) is 20.8. The quantitative estimate of drug-likeness (QED) is 0.161. The molecule has 0 atom stereocenters. The highest BCUT2D eigenvalue weighted by molar-refractivity contribution is 6.11. The summed E-state index contributed by atoms with van der Waals surface area (Å²) < 4.78 is 8.88. The molecule has 0 saturated heterocycles. The number of para-hydroxylation sites is 3. The van der Waals surface area contributed by atoms with Crippen LogP contribution in [0.2, 0.25) is 0 Å². The standard InChI is InChI=1S/C58H38N2O/c1-2-13-42(14-3-1)49-22-12-23-52-53-38-44(31-36-57(53)61-58(49)52)40-29-34-46(35-30-40)59(54-26-11-16-41-15-4-5-19-48(41)54)45-32-27-39(28-33-45)43-17-10-18-47(37-43)60-55-24-8-6-20-50(55)51-21-7-9-25-56(51)60/h1-38H. The van der Waals surface area contributed by atoms with Gasteiger partial charge in [-0.2, -0.15) is 0 Å². The summed E-state index contributed by atoms with van der Waals surface area (Å²) in [5.41, 5.74) is 15.6. The third kappa shape index (κ3) is 5.90. The van der Waals surface area contributed by atoms with Gasteiger partial charge in [-0.25, -0.2) is 0 Å². The zero-order chi connectivity index (χ0) is 40.3. The van der Waals surface area contributed by atoms with E-state index in [1.165, 1.54) is 38.1 Å². The third-order valence-electron chi connectivity index (χ3n) is 12.2. The molecule has 0 aliphatic heterocycles. The van der Waals surface area contributed by atoms with Gasteiger partial charge in [0.25, 0.3) is 0 Å². The molecule has 3 heteroatoms. The van der Waals surface area contributed by atoms with Gasteiger partial charge in [-0.15, -0.1) is 0 Å². The van der Waals surface area contributed by atoms with Crippen LogP contribution in [0.3, 0.4) is 0 Å². The first kappa shape index (κ1) is 34.9. The van der Waals surface area contributed by atoms with E-state index < -0.39 is 0 Å². The third-order valence-corrected chi connectivity index (χ3v) is 12.2. The van der Waals surface area contributed by atoms with Crippen molar-refractivity contribution in [2.24, 2.45) is 0 Å². The van der Waals surface area contributed by atoms with E-state index in [9.17, 15) is 0 Å².